The van der Waals surface area contributed by atoms with E-state index in [9.17, 15) is 4.79 Å². The molecular formula is C23H22N4O4S. The van der Waals surface area contributed by atoms with Gasteiger partial charge >= 0.3 is 5.97 Å². The molecule has 9 heteroatoms. The maximum Gasteiger partial charge on any atom is 0.338 e. The fourth-order valence-corrected chi connectivity index (χ4v) is 3.42. The first-order valence-electron chi connectivity index (χ1n) is 10.0. The van der Waals surface area contributed by atoms with Crippen molar-refractivity contribution in [3.63, 3.8) is 0 Å². The van der Waals surface area contributed by atoms with E-state index in [1.807, 2.05) is 48.5 Å². The van der Waals surface area contributed by atoms with Crippen molar-refractivity contribution in [1.82, 2.24) is 14.9 Å². The molecule has 8 nitrogen and oxygen atoms in total. The summed E-state index contributed by atoms with van der Waals surface area (Å²) in [4.78, 5) is 11.8. The minimum absolute atomic E-state index is 0.342. The molecule has 4 aromatic rings. The zero-order valence-electron chi connectivity index (χ0n) is 17.6. The van der Waals surface area contributed by atoms with Gasteiger partial charge in [0.1, 0.15) is 17.3 Å². The molecule has 164 valence electrons. The number of methoxy groups -OCH3 is 1. The number of hydrogen-bond donors (Lipinski definition) is 2. The van der Waals surface area contributed by atoms with Crippen molar-refractivity contribution in [2.45, 2.75) is 13.5 Å². The number of esters is 1. The van der Waals surface area contributed by atoms with Gasteiger partial charge in [-0.1, -0.05) is 24.3 Å². The van der Waals surface area contributed by atoms with Gasteiger partial charge in [0.2, 0.25) is 4.77 Å². The molecule has 0 atom stereocenters. The van der Waals surface area contributed by atoms with Gasteiger partial charge < -0.3 is 19.3 Å². The molecule has 0 radical (unpaired) electrons. The third-order valence-electron chi connectivity index (χ3n) is 4.77. The molecule has 0 aliphatic rings. The maximum absolute atomic E-state index is 11.8. The number of furan rings is 1. The van der Waals surface area contributed by atoms with Gasteiger partial charge in [-0.3, -0.25) is 0 Å². The molecule has 0 bridgehead atoms. The van der Waals surface area contributed by atoms with Crippen molar-refractivity contribution < 1.29 is 18.7 Å². The van der Waals surface area contributed by atoms with Crippen molar-refractivity contribution in [2.75, 3.05) is 19.1 Å². The van der Waals surface area contributed by atoms with Gasteiger partial charge in [0.05, 0.1) is 31.4 Å². The van der Waals surface area contributed by atoms with Gasteiger partial charge in [-0.2, -0.15) is 5.10 Å². The van der Waals surface area contributed by atoms with E-state index in [4.69, 9.17) is 26.1 Å². The van der Waals surface area contributed by atoms with Crippen molar-refractivity contribution in [1.29, 1.82) is 0 Å². The molecule has 0 aliphatic heterocycles. The summed E-state index contributed by atoms with van der Waals surface area (Å²) >= 11 is 5.37. The highest BCUT2D eigenvalue weighted by molar-refractivity contribution is 7.71. The summed E-state index contributed by atoms with van der Waals surface area (Å²) in [5.74, 6) is 2.36. The largest absolute Gasteiger partial charge is 0.496 e. The maximum atomic E-state index is 11.8. The van der Waals surface area contributed by atoms with Crippen LogP contribution in [-0.2, 0) is 11.3 Å². The molecule has 0 amide bonds. The Labute approximate surface area is 189 Å². The Bertz CT molecular complexity index is 1270. The Morgan fingerprint density at radius 2 is 1.94 bits per heavy atom. The molecule has 0 fully saturated rings. The number of para-hydroxylation sites is 1. The molecule has 0 aliphatic carbocycles. The predicted molar refractivity (Wildman–Crippen MR) is 123 cm³/mol. The third kappa shape index (κ3) is 4.42. The number of ether oxygens (including phenoxy) is 2. The van der Waals surface area contributed by atoms with Gasteiger partial charge in [-0.05, 0) is 55.5 Å². The average molecular weight is 451 g/mol. The number of nitrogens with zero attached hydrogens (tertiary/aromatic N) is 2. The van der Waals surface area contributed by atoms with Crippen LogP contribution in [0.2, 0.25) is 0 Å². The number of nitrogens with one attached hydrogen (secondary N) is 2. The lowest BCUT2D eigenvalue weighted by atomic mass is 10.1. The van der Waals surface area contributed by atoms with E-state index >= 15 is 0 Å². The van der Waals surface area contributed by atoms with E-state index < -0.39 is 0 Å². The minimum atomic E-state index is -0.342. The first-order chi connectivity index (χ1) is 15.6. The molecule has 2 aromatic carbocycles. The van der Waals surface area contributed by atoms with Crippen LogP contribution in [0.25, 0.3) is 22.7 Å². The quantitative estimate of drug-likeness (QED) is 0.294. The monoisotopic (exact) mass is 450 g/mol. The zero-order chi connectivity index (χ0) is 22.5. The first kappa shape index (κ1) is 21.4. The lowest BCUT2D eigenvalue weighted by Crippen LogP contribution is -2.15. The van der Waals surface area contributed by atoms with Crippen molar-refractivity contribution in [3.05, 3.63) is 76.8 Å². The van der Waals surface area contributed by atoms with E-state index in [0.29, 0.717) is 46.6 Å². The van der Waals surface area contributed by atoms with Crippen LogP contribution in [0, 0.1) is 4.77 Å². The minimum Gasteiger partial charge on any atom is -0.496 e. The summed E-state index contributed by atoms with van der Waals surface area (Å²) < 4.78 is 18.5. The van der Waals surface area contributed by atoms with Crippen LogP contribution in [-0.4, -0.2) is 34.6 Å². The van der Waals surface area contributed by atoms with Crippen LogP contribution in [0.4, 0.5) is 0 Å². The van der Waals surface area contributed by atoms with Crippen LogP contribution < -0.4 is 10.2 Å². The lowest BCUT2D eigenvalue weighted by Gasteiger charge is -2.11. The first-order valence-corrected chi connectivity index (χ1v) is 10.4. The van der Waals surface area contributed by atoms with Crippen LogP contribution in [0.1, 0.15) is 23.0 Å². The van der Waals surface area contributed by atoms with Crippen LogP contribution >= 0.6 is 12.2 Å². The average Bonchev–Trinajstić information content (AvgIpc) is 3.44. The standard InChI is InChI=1S/C23H22N4O4S/c1-3-30-22(28)16-10-8-15(9-11-16)19-13-12-17(31-19)14-24-27-21(25-26-23(27)32)18-6-4-5-7-20(18)29-2/h4-13,24H,3,14H2,1-2H3,(H,26,32). The van der Waals surface area contributed by atoms with Crippen LogP contribution in [0.15, 0.2) is 65.1 Å². The zero-order valence-corrected chi connectivity index (χ0v) is 18.4. The molecule has 2 N–H and O–H groups in total. The second-order valence-corrected chi connectivity index (χ2v) is 7.17. The summed E-state index contributed by atoms with van der Waals surface area (Å²) in [7, 11) is 1.61. The topological polar surface area (TPSA) is 94.3 Å². The van der Waals surface area contributed by atoms with E-state index in [2.05, 4.69) is 15.6 Å². The second-order valence-electron chi connectivity index (χ2n) is 6.79. The molecule has 0 spiro atoms. The van der Waals surface area contributed by atoms with Gasteiger partial charge in [0, 0.05) is 5.56 Å². The Hall–Kier alpha value is -3.85. The van der Waals surface area contributed by atoms with E-state index in [-0.39, 0.29) is 5.97 Å². The normalized spacial score (nSPS) is 10.7. The highest BCUT2D eigenvalue weighted by Crippen LogP contribution is 2.28. The Morgan fingerprint density at radius 1 is 1.16 bits per heavy atom. The smallest absolute Gasteiger partial charge is 0.338 e. The fourth-order valence-electron chi connectivity index (χ4n) is 3.22. The number of aromatic amines is 1. The number of H-pyrrole nitrogens is 1. The molecule has 0 saturated heterocycles. The highest BCUT2D eigenvalue weighted by Gasteiger charge is 2.14. The summed E-state index contributed by atoms with van der Waals surface area (Å²) in [6, 6.07) is 18.4. The van der Waals surface area contributed by atoms with Crippen LogP contribution in [0.3, 0.4) is 0 Å². The molecule has 0 saturated carbocycles. The predicted octanol–water partition coefficient (Wildman–Crippen LogP) is 4.80. The molecule has 4 rings (SSSR count). The number of rotatable bonds is 8. The van der Waals surface area contributed by atoms with Gasteiger partial charge in [0.25, 0.3) is 0 Å². The van der Waals surface area contributed by atoms with E-state index in [0.717, 1.165) is 11.1 Å². The van der Waals surface area contributed by atoms with E-state index in [1.54, 1.807) is 30.8 Å². The fraction of sp³-hybridized carbons (Fsp3) is 0.174. The Kier molecular flexibility index (Phi) is 6.37. The lowest BCUT2D eigenvalue weighted by molar-refractivity contribution is 0.0526. The summed E-state index contributed by atoms with van der Waals surface area (Å²) in [5, 5.41) is 7.14. The Morgan fingerprint density at radius 3 is 2.69 bits per heavy atom. The van der Waals surface area contributed by atoms with Gasteiger partial charge in [0.15, 0.2) is 5.82 Å². The number of aromatic nitrogens is 3. The number of benzene rings is 2. The summed E-state index contributed by atoms with van der Waals surface area (Å²) in [6.45, 7) is 2.51. The Balaban J connectivity index is 1.49. The van der Waals surface area contributed by atoms with Gasteiger partial charge in [-0.25, -0.2) is 14.6 Å². The molecule has 2 heterocycles. The van der Waals surface area contributed by atoms with Crippen LogP contribution in [0.5, 0.6) is 5.75 Å². The number of carbonyl (C=O) groups excluding carboxylic acids is 1. The summed E-state index contributed by atoms with van der Waals surface area (Å²) in [5.41, 5.74) is 5.40. The van der Waals surface area contributed by atoms with E-state index in [1.165, 1.54) is 0 Å². The van der Waals surface area contributed by atoms with Crippen molar-refractivity contribution in [3.8, 4) is 28.5 Å². The molecule has 32 heavy (non-hydrogen) atoms. The SMILES string of the molecule is CCOC(=O)c1ccc(-c2ccc(CNn3c(-c4ccccc4OC)n[nH]c3=S)o2)cc1. The number of hydrogen-bond acceptors (Lipinski definition) is 7. The molecular weight excluding hydrogens is 428 g/mol. The second kappa shape index (κ2) is 9.52. The molecule has 2 aromatic heterocycles. The highest BCUT2D eigenvalue weighted by atomic mass is 32.1. The third-order valence-corrected chi connectivity index (χ3v) is 5.05. The molecule has 0 unspecified atom stereocenters. The van der Waals surface area contributed by atoms with Gasteiger partial charge in [-0.15, -0.1) is 0 Å². The van der Waals surface area contributed by atoms with Crippen molar-refractivity contribution in [2.24, 2.45) is 0 Å². The summed E-state index contributed by atoms with van der Waals surface area (Å²) in [6.07, 6.45) is 0. The number of carbonyl (C=O) groups is 1. The van der Waals surface area contributed by atoms with Crippen molar-refractivity contribution >= 4 is 18.2 Å².